The Morgan fingerprint density at radius 1 is 1.38 bits per heavy atom. The second kappa shape index (κ2) is 8.26. The SMILES string of the molecule is CC(C)OCCN(C)C(=O)Cc1ccc(/C(N)=N/O)cc1. The Labute approximate surface area is 125 Å². The summed E-state index contributed by atoms with van der Waals surface area (Å²) in [7, 11) is 1.76. The number of rotatable bonds is 7. The standard InChI is InChI=1S/C15H23N3O3/c1-11(2)21-9-8-18(3)14(19)10-12-4-6-13(7-5-12)15(16)17-20/h4-7,11,20H,8-10H2,1-3H3,(H2,16,17). The first-order chi connectivity index (χ1) is 9.93. The van der Waals surface area contributed by atoms with Crippen molar-refractivity contribution in [1.29, 1.82) is 0 Å². The van der Waals surface area contributed by atoms with Gasteiger partial charge in [0, 0.05) is 19.2 Å². The van der Waals surface area contributed by atoms with Gasteiger partial charge in [-0.3, -0.25) is 4.79 Å². The van der Waals surface area contributed by atoms with Crippen molar-refractivity contribution in [2.45, 2.75) is 26.4 Å². The lowest BCUT2D eigenvalue weighted by molar-refractivity contribution is -0.130. The summed E-state index contributed by atoms with van der Waals surface area (Å²) in [4.78, 5) is 13.7. The maximum absolute atomic E-state index is 12.0. The van der Waals surface area contributed by atoms with Gasteiger partial charge in [-0.15, -0.1) is 0 Å². The molecule has 0 aliphatic heterocycles. The van der Waals surface area contributed by atoms with Gasteiger partial charge in [0.05, 0.1) is 19.1 Å². The van der Waals surface area contributed by atoms with E-state index < -0.39 is 0 Å². The van der Waals surface area contributed by atoms with Crippen LogP contribution >= 0.6 is 0 Å². The van der Waals surface area contributed by atoms with Gasteiger partial charge in [-0.05, 0) is 19.4 Å². The van der Waals surface area contributed by atoms with Crippen LogP contribution in [-0.4, -0.2) is 48.2 Å². The molecule has 116 valence electrons. The highest BCUT2D eigenvalue weighted by Gasteiger charge is 2.10. The molecule has 21 heavy (non-hydrogen) atoms. The molecular formula is C15H23N3O3. The predicted molar refractivity (Wildman–Crippen MR) is 81.4 cm³/mol. The average Bonchev–Trinajstić information content (AvgIpc) is 2.46. The number of likely N-dealkylation sites (N-methyl/N-ethyl adjacent to an activating group) is 1. The van der Waals surface area contributed by atoms with E-state index in [1.807, 2.05) is 13.8 Å². The Kier molecular flexibility index (Phi) is 6.68. The largest absolute Gasteiger partial charge is 0.409 e. The van der Waals surface area contributed by atoms with Crippen LogP contribution in [0.15, 0.2) is 29.4 Å². The number of oxime groups is 1. The summed E-state index contributed by atoms with van der Waals surface area (Å²) < 4.78 is 5.42. The molecule has 0 heterocycles. The molecule has 1 aromatic carbocycles. The zero-order chi connectivity index (χ0) is 15.8. The minimum atomic E-state index is 0.0268. The summed E-state index contributed by atoms with van der Waals surface area (Å²) in [6, 6.07) is 7.03. The predicted octanol–water partition coefficient (Wildman–Crippen LogP) is 1.21. The van der Waals surface area contributed by atoms with Crippen LogP contribution in [-0.2, 0) is 16.0 Å². The molecule has 1 rings (SSSR count). The highest BCUT2D eigenvalue weighted by molar-refractivity contribution is 5.97. The molecule has 6 nitrogen and oxygen atoms in total. The van der Waals surface area contributed by atoms with Crippen LogP contribution in [0.4, 0.5) is 0 Å². The molecular weight excluding hydrogens is 270 g/mol. The lowest BCUT2D eigenvalue weighted by Gasteiger charge is -2.18. The zero-order valence-electron chi connectivity index (χ0n) is 12.7. The van der Waals surface area contributed by atoms with E-state index in [0.717, 1.165) is 5.56 Å². The molecule has 0 atom stereocenters. The lowest BCUT2D eigenvalue weighted by atomic mass is 10.1. The monoisotopic (exact) mass is 293 g/mol. The van der Waals surface area contributed by atoms with Gasteiger partial charge < -0.3 is 20.6 Å². The first-order valence-corrected chi connectivity index (χ1v) is 6.86. The lowest BCUT2D eigenvalue weighted by Crippen LogP contribution is -2.32. The van der Waals surface area contributed by atoms with Crippen molar-refractivity contribution in [2.75, 3.05) is 20.2 Å². The summed E-state index contributed by atoms with van der Waals surface area (Å²) in [5, 5.41) is 11.5. The number of hydrogen-bond donors (Lipinski definition) is 2. The zero-order valence-corrected chi connectivity index (χ0v) is 12.7. The van der Waals surface area contributed by atoms with Crippen molar-refractivity contribution in [3.8, 4) is 0 Å². The van der Waals surface area contributed by atoms with E-state index in [0.29, 0.717) is 25.1 Å². The van der Waals surface area contributed by atoms with Gasteiger partial charge >= 0.3 is 0 Å². The fourth-order valence-corrected chi connectivity index (χ4v) is 1.71. The van der Waals surface area contributed by atoms with Crippen molar-refractivity contribution < 1.29 is 14.7 Å². The summed E-state index contributed by atoms with van der Waals surface area (Å²) in [6.45, 7) is 5.02. The second-order valence-electron chi connectivity index (χ2n) is 5.09. The summed E-state index contributed by atoms with van der Waals surface area (Å²) >= 11 is 0. The third-order valence-corrected chi connectivity index (χ3v) is 3.02. The second-order valence-corrected chi connectivity index (χ2v) is 5.09. The van der Waals surface area contributed by atoms with E-state index in [1.165, 1.54) is 0 Å². The summed E-state index contributed by atoms with van der Waals surface area (Å²) in [6.07, 6.45) is 0.481. The van der Waals surface area contributed by atoms with Crippen molar-refractivity contribution in [3.63, 3.8) is 0 Å². The Morgan fingerprint density at radius 2 is 2.00 bits per heavy atom. The smallest absolute Gasteiger partial charge is 0.226 e. The molecule has 0 spiro atoms. The van der Waals surface area contributed by atoms with Crippen LogP contribution in [0, 0.1) is 0 Å². The molecule has 1 aromatic rings. The maximum Gasteiger partial charge on any atom is 0.226 e. The Bertz CT molecular complexity index is 483. The first-order valence-electron chi connectivity index (χ1n) is 6.86. The van der Waals surface area contributed by atoms with Crippen LogP contribution in [0.5, 0.6) is 0 Å². The third-order valence-electron chi connectivity index (χ3n) is 3.02. The van der Waals surface area contributed by atoms with Crippen LogP contribution in [0.25, 0.3) is 0 Å². The molecule has 6 heteroatoms. The van der Waals surface area contributed by atoms with E-state index in [1.54, 1.807) is 36.2 Å². The molecule has 0 aliphatic carbocycles. The quantitative estimate of drug-likeness (QED) is 0.342. The molecule has 0 unspecified atom stereocenters. The number of amidine groups is 1. The number of nitrogens with two attached hydrogens (primary N) is 1. The normalized spacial score (nSPS) is 11.7. The van der Waals surface area contributed by atoms with Crippen molar-refractivity contribution in [3.05, 3.63) is 35.4 Å². The molecule has 0 aromatic heterocycles. The highest BCUT2D eigenvalue weighted by atomic mass is 16.5. The first kappa shape index (κ1) is 17.0. The Hall–Kier alpha value is -2.08. The van der Waals surface area contributed by atoms with Crippen molar-refractivity contribution >= 4 is 11.7 Å². The third kappa shape index (κ3) is 5.83. The fraction of sp³-hybridized carbons (Fsp3) is 0.467. The average molecular weight is 293 g/mol. The van der Waals surface area contributed by atoms with Gasteiger partial charge in [0.1, 0.15) is 0 Å². The van der Waals surface area contributed by atoms with Crippen molar-refractivity contribution in [2.24, 2.45) is 10.9 Å². The van der Waals surface area contributed by atoms with Crippen LogP contribution in [0.2, 0.25) is 0 Å². The van der Waals surface area contributed by atoms with Crippen LogP contribution in [0.3, 0.4) is 0 Å². The minimum Gasteiger partial charge on any atom is -0.409 e. The van der Waals surface area contributed by atoms with E-state index in [9.17, 15) is 4.79 Å². The Balaban J connectivity index is 2.50. The number of hydrogen-bond acceptors (Lipinski definition) is 4. The van der Waals surface area contributed by atoms with Gasteiger partial charge in [-0.1, -0.05) is 29.4 Å². The summed E-state index contributed by atoms with van der Waals surface area (Å²) in [5.74, 6) is 0.0785. The number of carbonyl (C=O) groups excluding carboxylic acids is 1. The van der Waals surface area contributed by atoms with Crippen LogP contribution in [0.1, 0.15) is 25.0 Å². The van der Waals surface area contributed by atoms with E-state index in [-0.39, 0.29) is 17.8 Å². The number of nitrogens with zero attached hydrogens (tertiary/aromatic N) is 2. The molecule has 0 bridgehead atoms. The minimum absolute atomic E-state index is 0.0268. The molecule has 0 fully saturated rings. The van der Waals surface area contributed by atoms with Gasteiger partial charge in [-0.2, -0.15) is 0 Å². The summed E-state index contributed by atoms with van der Waals surface area (Å²) in [5.41, 5.74) is 6.98. The van der Waals surface area contributed by atoms with E-state index >= 15 is 0 Å². The molecule has 3 N–H and O–H groups in total. The van der Waals surface area contributed by atoms with Gasteiger partial charge in [0.2, 0.25) is 5.91 Å². The number of amides is 1. The topological polar surface area (TPSA) is 88.2 Å². The molecule has 0 saturated carbocycles. The number of ether oxygens (including phenoxy) is 1. The van der Waals surface area contributed by atoms with Gasteiger partial charge in [-0.25, -0.2) is 0 Å². The highest BCUT2D eigenvalue weighted by Crippen LogP contribution is 2.06. The maximum atomic E-state index is 12.0. The fourth-order valence-electron chi connectivity index (χ4n) is 1.71. The van der Waals surface area contributed by atoms with Gasteiger partial charge in [0.25, 0.3) is 0 Å². The Morgan fingerprint density at radius 3 is 2.52 bits per heavy atom. The number of carbonyl (C=O) groups is 1. The van der Waals surface area contributed by atoms with Gasteiger partial charge in [0.15, 0.2) is 5.84 Å². The molecule has 0 radical (unpaired) electrons. The number of benzene rings is 1. The van der Waals surface area contributed by atoms with Crippen LogP contribution < -0.4 is 5.73 Å². The molecule has 0 saturated heterocycles. The van der Waals surface area contributed by atoms with E-state index in [2.05, 4.69) is 5.16 Å². The van der Waals surface area contributed by atoms with Crippen molar-refractivity contribution in [1.82, 2.24) is 4.90 Å². The van der Waals surface area contributed by atoms with E-state index in [4.69, 9.17) is 15.7 Å². The molecule has 1 amide bonds. The molecule has 0 aliphatic rings.